The molecule has 7 heteroatoms. The van der Waals surface area contributed by atoms with Gasteiger partial charge in [0.05, 0.1) is 6.42 Å². The Morgan fingerprint density at radius 3 is 2.81 bits per heavy atom. The zero-order chi connectivity index (χ0) is 17.9. The Balaban J connectivity index is 1.43. The zero-order valence-electron chi connectivity index (χ0n) is 13.7. The fourth-order valence-corrected chi connectivity index (χ4v) is 3.57. The highest BCUT2D eigenvalue weighted by atomic mass is 32.1. The quantitative estimate of drug-likeness (QED) is 0.757. The van der Waals surface area contributed by atoms with Gasteiger partial charge < -0.3 is 14.8 Å². The molecule has 5 nitrogen and oxygen atoms in total. The highest BCUT2D eigenvalue weighted by molar-refractivity contribution is 7.15. The molecule has 1 aliphatic rings. The van der Waals surface area contributed by atoms with E-state index in [1.54, 1.807) is 42.6 Å². The third-order valence-electron chi connectivity index (χ3n) is 3.82. The van der Waals surface area contributed by atoms with Crippen molar-refractivity contribution in [2.75, 3.05) is 18.5 Å². The van der Waals surface area contributed by atoms with Crippen LogP contribution >= 0.6 is 11.3 Å². The molecule has 1 N–H and O–H groups in total. The number of amides is 1. The Morgan fingerprint density at radius 2 is 1.96 bits per heavy atom. The number of halogens is 1. The number of nitrogens with zero attached hydrogens (tertiary/aromatic N) is 1. The van der Waals surface area contributed by atoms with Gasteiger partial charge in [-0.3, -0.25) is 4.79 Å². The Labute approximate surface area is 153 Å². The number of hydrogen-bond donors (Lipinski definition) is 1. The van der Waals surface area contributed by atoms with Gasteiger partial charge in [0.2, 0.25) is 5.91 Å². The number of benzene rings is 2. The molecule has 3 aromatic rings. The first-order chi connectivity index (χ1) is 12.7. The highest BCUT2D eigenvalue weighted by Gasteiger charge is 2.14. The first-order valence-electron chi connectivity index (χ1n) is 8.08. The lowest BCUT2D eigenvalue weighted by molar-refractivity contribution is -0.115. The Kier molecular flexibility index (Phi) is 4.53. The fourth-order valence-electron chi connectivity index (χ4n) is 2.63. The summed E-state index contributed by atoms with van der Waals surface area (Å²) in [6.45, 7) is 1.01. The third kappa shape index (κ3) is 3.52. The van der Waals surface area contributed by atoms with E-state index in [2.05, 4.69) is 10.3 Å². The summed E-state index contributed by atoms with van der Waals surface area (Å²) in [5.41, 5.74) is 1.08. The number of ether oxygens (including phenoxy) is 2. The van der Waals surface area contributed by atoms with Crippen molar-refractivity contribution in [1.29, 1.82) is 0 Å². The van der Waals surface area contributed by atoms with E-state index in [-0.39, 0.29) is 18.1 Å². The Bertz CT molecular complexity index is 957. The average Bonchev–Trinajstić information content (AvgIpc) is 3.10. The van der Waals surface area contributed by atoms with Gasteiger partial charge in [0, 0.05) is 28.4 Å². The van der Waals surface area contributed by atoms with Gasteiger partial charge in [0.1, 0.15) is 24.0 Å². The third-order valence-corrected chi connectivity index (χ3v) is 4.85. The molecule has 0 fully saturated rings. The van der Waals surface area contributed by atoms with Crippen LogP contribution < -0.4 is 14.8 Å². The fraction of sp³-hybridized carbons (Fsp3) is 0.158. The second-order valence-electron chi connectivity index (χ2n) is 5.69. The Hall–Kier alpha value is -2.93. The van der Waals surface area contributed by atoms with Crippen molar-refractivity contribution >= 4 is 22.9 Å². The van der Waals surface area contributed by atoms with Gasteiger partial charge in [-0.15, -0.1) is 11.3 Å². The maximum Gasteiger partial charge on any atom is 0.229 e. The molecule has 1 aliphatic heterocycles. The first-order valence-corrected chi connectivity index (χ1v) is 8.90. The van der Waals surface area contributed by atoms with Gasteiger partial charge in [-0.1, -0.05) is 12.1 Å². The number of carbonyl (C=O) groups excluding carboxylic acids is 1. The smallest absolute Gasteiger partial charge is 0.229 e. The van der Waals surface area contributed by atoms with Crippen LogP contribution in [0, 0.1) is 5.82 Å². The molecule has 2 heterocycles. The number of fused-ring (bicyclic) bond motifs is 1. The summed E-state index contributed by atoms with van der Waals surface area (Å²) in [7, 11) is 0. The predicted octanol–water partition coefficient (Wildman–Crippen LogP) is 3.90. The van der Waals surface area contributed by atoms with Crippen LogP contribution in [0.15, 0.2) is 48.7 Å². The van der Waals surface area contributed by atoms with E-state index in [1.165, 1.54) is 17.4 Å². The summed E-state index contributed by atoms with van der Waals surface area (Å²) in [6.07, 6.45) is 1.77. The lowest BCUT2D eigenvalue weighted by Crippen LogP contribution is -2.17. The maximum atomic E-state index is 13.8. The molecule has 1 amide bonds. The maximum absolute atomic E-state index is 13.8. The van der Waals surface area contributed by atoms with Crippen LogP contribution in [0.1, 0.15) is 4.88 Å². The van der Waals surface area contributed by atoms with Crippen molar-refractivity contribution in [3.8, 4) is 22.1 Å². The number of rotatable bonds is 4. The van der Waals surface area contributed by atoms with Crippen molar-refractivity contribution in [3.63, 3.8) is 0 Å². The minimum Gasteiger partial charge on any atom is -0.486 e. The predicted molar refractivity (Wildman–Crippen MR) is 97.3 cm³/mol. The number of aromatic nitrogens is 1. The van der Waals surface area contributed by atoms with E-state index < -0.39 is 0 Å². The summed E-state index contributed by atoms with van der Waals surface area (Å²) < 4.78 is 24.8. The van der Waals surface area contributed by atoms with Gasteiger partial charge >= 0.3 is 0 Å². The topological polar surface area (TPSA) is 60.5 Å². The number of anilines is 1. The minimum absolute atomic E-state index is 0.167. The summed E-state index contributed by atoms with van der Waals surface area (Å²) >= 11 is 1.31. The van der Waals surface area contributed by atoms with Crippen LogP contribution in [0.2, 0.25) is 0 Å². The first kappa shape index (κ1) is 16.5. The minimum atomic E-state index is -0.325. The number of carbonyl (C=O) groups is 1. The van der Waals surface area contributed by atoms with Gasteiger partial charge in [-0.25, -0.2) is 9.37 Å². The van der Waals surface area contributed by atoms with Crippen molar-refractivity contribution in [1.82, 2.24) is 4.98 Å². The van der Waals surface area contributed by atoms with Gasteiger partial charge in [0.15, 0.2) is 11.5 Å². The summed E-state index contributed by atoms with van der Waals surface area (Å²) in [4.78, 5) is 17.3. The zero-order valence-corrected chi connectivity index (χ0v) is 14.5. The molecule has 0 saturated carbocycles. The van der Waals surface area contributed by atoms with Crippen molar-refractivity contribution in [3.05, 3.63) is 59.4 Å². The monoisotopic (exact) mass is 370 g/mol. The molecule has 0 saturated heterocycles. The Morgan fingerprint density at radius 1 is 1.15 bits per heavy atom. The SMILES string of the molecule is O=C(Cc1cnc(-c2ccccc2F)s1)Nc1ccc2c(c1)OCCO2. The van der Waals surface area contributed by atoms with E-state index in [0.29, 0.717) is 41.0 Å². The van der Waals surface area contributed by atoms with Crippen LogP contribution in [-0.2, 0) is 11.2 Å². The molecule has 132 valence electrons. The van der Waals surface area contributed by atoms with Crippen molar-refractivity contribution in [2.45, 2.75) is 6.42 Å². The van der Waals surface area contributed by atoms with Crippen molar-refractivity contribution in [2.24, 2.45) is 0 Å². The van der Waals surface area contributed by atoms with Crippen LogP contribution in [0.5, 0.6) is 11.5 Å². The molecular weight excluding hydrogens is 355 g/mol. The van der Waals surface area contributed by atoms with Crippen LogP contribution in [-0.4, -0.2) is 24.1 Å². The number of hydrogen-bond acceptors (Lipinski definition) is 5. The van der Waals surface area contributed by atoms with E-state index in [0.717, 1.165) is 4.88 Å². The molecule has 1 aromatic heterocycles. The summed E-state index contributed by atoms with van der Waals surface area (Å²) in [5, 5.41) is 3.39. The van der Waals surface area contributed by atoms with E-state index in [9.17, 15) is 9.18 Å². The standard InChI is InChI=1S/C19H15FN2O3S/c20-15-4-2-1-3-14(15)19-21-11-13(26-19)10-18(23)22-12-5-6-16-17(9-12)25-8-7-24-16/h1-6,9,11H,7-8,10H2,(H,22,23). The van der Waals surface area contributed by atoms with Crippen molar-refractivity contribution < 1.29 is 18.7 Å². The van der Waals surface area contributed by atoms with E-state index in [4.69, 9.17) is 9.47 Å². The number of nitrogens with one attached hydrogen (secondary N) is 1. The van der Waals surface area contributed by atoms with Crippen LogP contribution in [0.4, 0.5) is 10.1 Å². The highest BCUT2D eigenvalue weighted by Crippen LogP contribution is 2.33. The summed E-state index contributed by atoms with van der Waals surface area (Å²) in [6, 6.07) is 11.7. The molecule has 0 unspecified atom stereocenters. The van der Waals surface area contributed by atoms with Gasteiger partial charge in [0.25, 0.3) is 0 Å². The molecule has 0 aliphatic carbocycles. The van der Waals surface area contributed by atoms with E-state index >= 15 is 0 Å². The summed E-state index contributed by atoms with van der Waals surface area (Å²) in [5.74, 6) is 0.791. The molecule has 0 radical (unpaired) electrons. The lowest BCUT2D eigenvalue weighted by atomic mass is 10.2. The van der Waals surface area contributed by atoms with Gasteiger partial charge in [-0.2, -0.15) is 0 Å². The van der Waals surface area contributed by atoms with Crippen LogP contribution in [0.25, 0.3) is 10.6 Å². The lowest BCUT2D eigenvalue weighted by Gasteiger charge is -2.18. The molecule has 0 atom stereocenters. The normalized spacial score (nSPS) is 12.7. The average molecular weight is 370 g/mol. The largest absolute Gasteiger partial charge is 0.486 e. The molecule has 4 rings (SSSR count). The van der Waals surface area contributed by atoms with E-state index in [1.807, 2.05) is 0 Å². The van der Waals surface area contributed by atoms with Crippen LogP contribution in [0.3, 0.4) is 0 Å². The molecular formula is C19H15FN2O3S. The second-order valence-corrected chi connectivity index (χ2v) is 6.81. The molecule has 26 heavy (non-hydrogen) atoms. The van der Waals surface area contributed by atoms with Gasteiger partial charge in [-0.05, 0) is 24.3 Å². The molecule has 0 spiro atoms. The second kappa shape index (κ2) is 7.13. The molecule has 0 bridgehead atoms. The number of thiazole rings is 1. The molecule has 2 aromatic carbocycles.